The molecular weight excluding hydrogens is 232 g/mol. The normalized spacial score (nSPS) is 17.6. The van der Waals surface area contributed by atoms with Crippen LogP contribution < -0.4 is 0 Å². The molecule has 0 saturated heterocycles. The van der Waals surface area contributed by atoms with E-state index in [2.05, 4.69) is 65.5 Å². The van der Waals surface area contributed by atoms with Crippen LogP contribution in [-0.2, 0) is 11.8 Å². The molecule has 1 aliphatic carbocycles. The van der Waals surface area contributed by atoms with Crippen molar-refractivity contribution in [2.45, 2.75) is 59.2 Å². The van der Waals surface area contributed by atoms with E-state index in [1.165, 1.54) is 22.3 Å². The van der Waals surface area contributed by atoms with Crippen molar-refractivity contribution >= 4 is 14.1 Å². The summed E-state index contributed by atoms with van der Waals surface area (Å²) in [5.74, 6) is 0. The van der Waals surface area contributed by atoms with Gasteiger partial charge in [0.2, 0.25) is 0 Å². The Bertz CT molecular complexity index is 513. The fourth-order valence-electron chi connectivity index (χ4n) is 3.51. The summed E-state index contributed by atoms with van der Waals surface area (Å²) in [6.45, 7) is 16.7. The molecule has 98 valence electrons. The van der Waals surface area contributed by atoms with Crippen molar-refractivity contribution < 1.29 is 0 Å². The highest BCUT2D eigenvalue weighted by molar-refractivity contribution is 6.84. The molecule has 2 rings (SSSR count). The molecule has 0 N–H and O–H groups in total. The van der Waals surface area contributed by atoms with Gasteiger partial charge in [-0.25, -0.2) is 0 Å². The predicted octanol–water partition coefficient (Wildman–Crippen LogP) is 5.11. The minimum absolute atomic E-state index is 0.233. The summed E-state index contributed by atoms with van der Waals surface area (Å²) in [6.07, 6.45) is 3.64. The zero-order valence-corrected chi connectivity index (χ0v) is 13.9. The van der Waals surface area contributed by atoms with Crippen LogP contribution in [-0.4, -0.2) is 8.07 Å². The molecule has 0 amide bonds. The SMILES string of the molecule is CCc1ccc2c(c1C)C=C([Si](C)(C)C)C2(C)C. The summed E-state index contributed by atoms with van der Waals surface area (Å²) < 4.78 is 0. The Labute approximate surface area is 113 Å². The zero-order chi connectivity index (χ0) is 13.7. The fraction of sp³-hybridized carbons (Fsp3) is 0.529. The third-order valence-corrected chi connectivity index (χ3v) is 6.84. The first-order valence-electron chi connectivity index (χ1n) is 7.05. The lowest BCUT2D eigenvalue weighted by molar-refractivity contribution is 0.662. The molecule has 0 aromatic heterocycles. The Kier molecular flexibility index (Phi) is 3.09. The van der Waals surface area contributed by atoms with Gasteiger partial charge >= 0.3 is 0 Å². The van der Waals surface area contributed by atoms with E-state index in [-0.39, 0.29) is 5.41 Å². The highest BCUT2D eigenvalue weighted by Crippen LogP contribution is 2.46. The van der Waals surface area contributed by atoms with Gasteiger partial charge in [0.25, 0.3) is 0 Å². The number of fused-ring (bicyclic) bond motifs is 1. The van der Waals surface area contributed by atoms with Crippen molar-refractivity contribution in [3.8, 4) is 0 Å². The van der Waals surface area contributed by atoms with Crippen LogP contribution >= 0.6 is 0 Å². The number of allylic oxidation sites excluding steroid dienone is 1. The van der Waals surface area contributed by atoms with Gasteiger partial charge in [-0.1, -0.05) is 63.8 Å². The molecule has 0 radical (unpaired) electrons. The van der Waals surface area contributed by atoms with Gasteiger partial charge in [-0.3, -0.25) is 0 Å². The van der Waals surface area contributed by atoms with Gasteiger partial charge in [0.15, 0.2) is 0 Å². The molecule has 18 heavy (non-hydrogen) atoms. The van der Waals surface area contributed by atoms with Crippen LogP contribution in [0.15, 0.2) is 17.3 Å². The Morgan fingerprint density at radius 2 is 1.72 bits per heavy atom. The van der Waals surface area contributed by atoms with Crippen LogP contribution in [0.3, 0.4) is 0 Å². The average molecular weight is 258 g/mol. The maximum Gasteiger partial charge on any atom is 0.0736 e. The van der Waals surface area contributed by atoms with Gasteiger partial charge < -0.3 is 0 Å². The monoisotopic (exact) mass is 258 g/mol. The van der Waals surface area contributed by atoms with Crippen molar-refractivity contribution in [2.24, 2.45) is 0 Å². The zero-order valence-electron chi connectivity index (χ0n) is 12.9. The van der Waals surface area contributed by atoms with E-state index >= 15 is 0 Å². The standard InChI is InChI=1S/C17H26Si/c1-8-13-9-10-15-14(12(13)2)11-16(17(15,3)4)18(5,6)7/h9-11H,8H2,1-7H3. The molecule has 1 heteroatoms. The molecule has 0 nitrogen and oxygen atoms in total. The maximum absolute atomic E-state index is 2.51. The van der Waals surface area contributed by atoms with Crippen LogP contribution in [0.2, 0.25) is 19.6 Å². The molecule has 1 aromatic rings. The maximum atomic E-state index is 2.51. The molecule has 0 unspecified atom stereocenters. The van der Waals surface area contributed by atoms with Crippen LogP contribution in [0.25, 0.3) is 6.08 Å². The number of aryl methyl sites for hydroxylation is 1. The smallest absolute Gasteiger partial charge is 0.0707 e. The first-order valence-corrected chi connectivity index (χ1v) is 10.5. The molecule has 0 bridgehead atoms. The van der Waals surface area contributed by atoms with Crippen molar-refractivity contribution in [1.29, 1.82) is 0 Å². The van der Waals surface area contributed by atoms with Crippen LogP contribution in [0.4, 0.5) is 0 Å². The third-order valence-electron chi connectivity index (χ3n) is 4.45. The molecule has 0 fully saturated rings. The van der Waals surface area contributed by atoms with Gasteiger partial charge in [-0.15, -0.1) is 0 Å². The van der Waals surface area contributed by atoms with Crippen molar-refractivity contribution in [3.63, 3.8) is 0 Å². The number of benzene rings is 1. The fourth-order valence-corrected chi connectivity index (χ4v) is 6.10. The second-order valence-electron chi connectivity index (χ2n) is 7.10. The lowest BCUT2D eigenvalue weighted by Gasteiger charge is -2.32. The summed E-state index contributed by atoms with van der Waals surface area (Å²) in [5, 5.41) is 1.70. The van der Waals surface area contributed by atoms with E-state index in [0.717, 1.165) is 6.42 Å². The average Bonchev–Trinajstić information content (AvgIpc) is 2.52. The van der Waals surface area contributed by atoms with E-state index < -0.39 is 8.07 Å². The van der Waals surface area contributed by atoms with Gasteiger partial charge in [0.05, 0.1) is 8.07 Å². The van der Waals surface area contributed by atoms with Crippen LogP contribution in [0.5, 0.6) is 0 Å². The highest BCUT2D eigenvalue weighted by Gasteiger charge is 2.39. The highest BCUT2D eigenvalue weighted by atomic mass is 28.3. The summed E-state index contributed by atoms with van der Waals surface area (Å²) >= 11 is 0. The first-order chi connectivity index (χ1) is 8.19. The predicted molar refractivity (Wildman–Crippen MR) is 84.9 cm³/mol. The van der Waals surface area contributed by atoms with Crippen LogP contribution in [0.1, 0.15) is 43.0 Å². The number of hydrogen-bond acceptors (Lipinski definition) is 0. The van der Waals surface area contributed by atoms with E-state index in [1.54, 1.807) is 5.20 Å². The first kappa shape index (κ1) is 13.6. The topological polar surface area (TPSA) is 0 Å². The van der Waals surface area contributed by atoms with Gasteiger partial charge in [-0.05, 0) is 35.6 Å². The summed E-state index contributed by atoms with van der Waals surface area (Å²) in [7, 11) is -1.25. The summed E-state index contributed by atoms with van der Waals surface area (Å²) in [6, 6.07) is 4.70. The summed E-state index contributed by atoms with van der Waals surface area (Å²) in [4.78, 5) is 0. The molecule has 0 aliphatic heterocycles. The van der Waals surface area contributed by atoms with E-state index in [9.17, 15) is 0 Å². The molecule has 1 aromatic carbocycles. The molecule has 0 spiro atoms. The van der Waals surface area contributed by atoms with E-state index in [1.807, 2.05) is 0 Å². The Hall–Kier alpha value is -0.823. The lowest BCUT2D eigenvalue weighted by atomic mass is 9.84. The van der Waals surface area contributed by atoms with Crippen molar-refractivity contribution in [2.75, 3.05) is 0 Å². The second kappa shape index (κ2) is 4.09. The van der Waals surface area contributed by atoms with E-state index in [0.29, 0.717) is 0 Å². The largest absolute Gasteiger partial charge is 0.0736 e. The molecule has 0 atom stereocenters. The molecular formula is C17H26Si. The Balaban J connectivity index is 2.67. The Morgan fingerprint density at radius 3 is 2.22 bits per heavy atom. The number of rotatable bonds is 2. The van der Waals surface area contributed by atoms with E-state index in [4.69, 9.17) is 0 Å². The minimum Gasteiger partial charge on any atom is -0.0707 e. The quantitative estimate of drug-likeness (QED) is 0.647. The van der Waals surface area contributed by atoms with Gasteiger partial charge in [0.1, 0.15) is 0 Å². The second-order valence-corrected chi connectivity index (χ2v) is 12.1. The van der Waals surface area contributed by atoms with Crippen molar-refractivity contribution in [3.05, 3.63) is 39.6 Å². The molecule has 0 saturated carbocycles. The van der Waals surface area contributed by atoms with Crippen LogP contribution in [0, 0.1) is 6.92 Å². The number of hydrogen-bond donors (Lipinski definition) is 0. The third kappa shape index (κ3) is 1.89. The minimum atomic E-state index is -1.25. The van der Waals surface area contributed by atoms with Gasteiger partial charge in [-0.2, -0.15) is 0 Å². The van der Waals surface area contributed by atoms with Gasteiger partial charge in [0, 0.05) is 5.41 Å². The molecule has 1 aliphatic rings. The summed E-state index contributed by atoms with van der Waals surface area (Å²) in [5.41, 5.74) is 6.27. The molecule has 0 heterocycles. The van der Waals surface area contributed by atoms with Crippen molar-refractivity contribution in [1.82, 2.24) is 0 Å². The lowest BCUT2D eigenvalue weighted by Crippen LogP contribution is -2.34. The Morgan fingerprint density at radius 1 is 1.11 bits per heavy atom.